The lowest BCUT2D eigenvalue weighted by Crippen LogP contribution is -2.37. The van der Waals surface area contributed by atoms with E-state index in [1.165, 1.54) is 18.2 Å². The van der Waals surface area contributed by atoms with Crippen molar-refractivity contribution >= 4 is 34.9 Å². The van der Waals surface area contributed by atoms with Gasteiger partial charge in [0, 0.05) is 25.1 Å². The summed E-state index contributed by atoms with van der Waals surface area (Å²) in [6, 6.07) is 13.2. The molecule has 1 aliphatic rings. The zero-order valence-corrected chi connectivity index (χ0v) is 18.3. The first-order valence-electron chi connectivity index (χ1n) is 10.0. The lowest BCUT2D eigenvalue weighted by atomic mass is 10.2. The van der Waals surface area contributed by atoms with E-state index in [2.05, 4.69) is 5.32 Å². The van der Waals surface area contributed by atoms with Crippen molar-refractivity contribution in [2.24, 2.45) is 0 Å². The van der Waals surface area contributed by atoms with Crippen molar-refractivity contribution in [2.75, 3.05) is 26.8 Å². The van der Waals surface area contributed by atoms with Crippen molar-refractivity contribution in [3.63, 3.8) is 0 Å². The Kier molecular flexibility index (Phi) is 8.27. The summed E-state index contributed by atoms with van der Waals surface area (Å²) >= 11 is 0.756. The quantitative estimate of drug-likeness (QED) is 0.430. The van der Waals surface area contributed by atoms with Gasteiger partial charge in [0.25, 0.3) is 11.1 Å². The largest absolute Gasteiger partial charge is 0.497 e. The standard InChI is InChI=1S/C23H23FN2O5S/c1-30-17-8-10-18(11-9-17)31-14-4-7-21(27)25-12-13-26-22(28)20(32-23(26)29)15-16-5-2-3-6-19(16)24/h2-3,5-6,8-11,15H,4,7,12-14H2,1H3,(H,25,27)/b20-15-. The van der Waals surface area contributed by atoms with Crippen LogP contribution >= 0.6 is 11.8 Å². The maximum atomic E-state index is 13.8. The molecule has 0 unspecified atom stereocenters. The molecule has 0 spiro atoms. The topological polar surface area (TPSA) is 84.9 Å². The number of rotatable bonds is 10. The van der Waals surface area contributed by atoms with E-state index in [1.807, 2.05) is 0 Å². The Morgan fingerprint density at radius 1 is 1.12 bits per heavy atom. The SMILES string of the molecule is COc1ccc(OCCCC(=O)NCCN2C(=O)S/C(=C\c3ccccc3F)C2=O)cc1. The molecular formula is C23H23FN2O5S. The molecule has 9 heteroatoms. The van der Waals surface area contributed by atoms with Crippen LogP contribution in [0.3, 0.4) is 0 Å². The van der Waals surface area contributed by atoms with Crippen LogP contribution in [-0.2, 0) is 9.59 Å². The van der Waals surface area contributed by atoms with E-state index < -0.39 is 17.0 Å². The minimum Gasteiger partial charge on any atom is -0.497 e. The van der Waals surface area contributed by atoms with Crippen molar-refractivity contribution in [3.8, 4) is 11.5 Å². The average Bonchev–Trinajstić information content (AvgIpc) is 3.06. The van der Waals surface area contributed by atoms with Gasteiger partial charge in [-0.2, -0.15) is 0 Å². The smallest absolute Gasteiger partial charge is 0.293 e. The molecule has 0 aliphatic carbocycles. The molecule has 3 rings (SSSR count). The molecule has 2 aromatic rings. The second kappa shape index (κ2) is 11.3. The molecule has 7 nitrogen and oxygen atoms in total. The van der Waals surface area contributed by atoms with Crippen LogP contribution in [0.25, 0.3) is 6.08 Å². The number of methoxy groups -OCH3 is 1. The predicted molar refractivity (Wildman–Crippen MR) is 120 cm³/mol. The van der Waals surface area contributed by atoms with Crippen LogP contribution in [0.4, 0.5) is 9.18 Å². The summed E-state index contributed by atoms with van der Waals surface area (Å²) in [6.45, 7) is 0.570. The number of benzene rings is 2. The van der Waals surface area contributed by atoms with Crippen LogP contribution in [-0.4, -0.2) is 48.8 Å². The predicted octanol–water partition coefficient (Wildman–Crippen LogP) is 3.85. The van der Waals surface area contributed by atoms with Crippen LogP contribution in [0.2, 0.25) is 0 Å². The van der Waals surface area contributed by atoms with Gasteiger partial charge in [0.15, 0.2) is 0 Å². The molecule has 1 saturated heterocycles. The molecule has 0 radical (unpaired) electrons. The number of imide groups is 1. The summed E-state index contributed by atoms with van der Waals surface area (Å²) in [5.74, 6) is 0.263. The molecule has 0 aromatic heterocycles. The first kappa shape index (κ1) is 23.3. The Bertz CT molecular complexity index is 1010. The van der Waals surface area contributed by atoms with Crippen LogP contribution in [0.5, 0.6) is 11.5 Å². The fourth-order valence-electron chi connectivity index (χ4n) is 2.92. The van der Waals surface area contributed by atoms with Crippen molar-refractivity contribution in [1.29, 1.82) is 0 Å². The highest BCUT2D eigenvalue weighted by Crippen LogP contribution is 2.32. The van der Waals surface area contributed by atoms with Crippen molar-refractivity contribution < 1.29 is 28.2 Å². The van der Waals surface area contributed by atoms with Gasteiger partial charge in [0.05, 0.1) is 18.6 Å². The number of nitrogens with one attached hydrogen (secondary N) is 1. The molecule has 0 saturated carbocycles. The number of carbonyl (C=O) groups is 3. The number of halogens is 1. The molecular weight excluding hydrogens is 435 g/mol. The lowest BCUT2D eigenvalue weighted by molar-refractivity contribution is -0.124. The summed E-state index contributed by atoms with van der Waals surface area (Å²) < 4.78 is 24.4. The van der Waals surface area contributed by atoms with E-state index in [0.717, 1.165) is 22.4 Å². The number of hydrogen-bond acceptors (Lipinski definition) is 6. The van der Waals surface area contributed by atoms with Gasteiger partial charge in [-0.3, -0.25) is 19.3 Å². The Labute approximate surface area is 189 Å². The van der Waals surface area contributed by atoms with Crippen LogP contribution < -0.4 is 14.8 Å². The highest BCUT2D eigenvalue weighted by molar-refractivity contribution is 8.18. The number of amides is 3. The highest BCUT2D eigenvalue weighted by atomic mass is 32.2. The van der Waals surface area contributed by atoms with E-state index >= 15 is 0 Å². The second-order valence-corrected chi connectivity index (χ2v) is 7.83. The fourth-order valence-corrected chi connectivity index (χ4v) is 3.77. The van der Waals surface area contributed by atoms with E-state index in [4.69, 9.17) is 9.47 Å². The third-order valence-electron chi connectivity index (χ3n) is 4.60. The van der Waals surface area contributed by atoms with E-state index in [-0.39, 0.29) is 35.9 Å². The monoisotopic (exact) mass is 458 g/mol. The number of ether oxygens (including phenoxy) is 2. The fraction of sp³-hybridized carbons (Fsp3) is 0.261. The van der Waals surface area contributed by atoms with Gasteiger partial charge in [0.2, 0.25) is 5.91 Å². The first-order valence-corrected chi connectivity index (χ1v) is 10.8. The Balaban J connectivity index is 1.38. The molecule has 0 bridgehead atoms. The summed E-state index contributed by atoms with van der Waals surface area (Å²) in [7, 11) is 1.59. The molecule has 1 N–H and O–H groups in total. The Morgan fingerprint density at radius 2 is 1.84 bits per heavy atom. The summed E-state index contributed by atoms with van der Waals surface area (Å²) in [5.41, 5.74) is 0.239. The molecule has 1 heterocycles. The van der Waals surface area contributed by atoms with Gasteiger partial charge in [-0.05, 0) is 54.6 Å². The molecule has 168 valence electrons. The second-order valence-electron chi connectivity index (χ2n) is 6.83. The molecule has 32 heavy (non-hydrogen) atoms. The van der Waals surface area contributed by atoms with Gasteiger partial charge >= 0.3 is 0 Å². The maximum absolute atomic E-state index is 13.8. The van der Waals surface area contributed by atoms with E-state index in [0.29, 0.717) is 18.8 Å². The van der Waals surface area contributed by atoms with Crippen LogP contribution in [0.15, 0.2) is 53.4 Å². The zero-order chi connectivity index (χ0) is 22.9. The maximum Gasteiger partial charge on any atom is 0.293 e. The normalized spacial score (nSPS) is 14.7. The third kappa shape index (κ3) is 6.34. The number of nitrogens with zero attached hydrogens (tertiary/aromatic N) is 1. The Morgan fingerprint density at radius 3 is 2.56 bits per heavy atom. The number of thioether (sulfide) groups is 1. The molecule has 1 fully saturated rings. The number of hydrogen-bond donors (Lipinski definition) is 1. The molecule has 3 amide bonds. The first-order chi connectivity index (χ1) is 15.5. The van der Waals surface area contributed by atoms with Gasteiger partial charge < -0.3 is 14.8 Å². The van der Waals surface area contributed by atoms with E-state index in [9.17, 15) is 18.8 Å². The third-order valence-corrected chi connectivity index (χ3v) is 5.51. The summed E-state index contributed by atoms with van der Waals surface area (Å²) in [5, 5.41) is 2.25. The van der Waals surface area contributed by atoms with Crippen molar-refractivity contribution in [1.82, 2.24) is 10.2 Å². The molecule has 0 atom stereocenters. The summed E-state index contributed by atoms with van der Waals surface area (Å²) in [6.07, 6.45) is 2.14. The molecule has 2 aromatic carbocycles. The minimum atomic E-state index is -0.495. The highest BCUT2D eigenvalue weighted by Gasteiger charge is 2.34. The van der Waals surface area contributed by atoms with Gasteiger partial charge in [-0.25, -0.2) is 4.39 Å². The van der Waals surface area contributed by atoms with Crippen LogP contribution in [0.1, 0.15) is 18.4 Å². The van der Waals surface area contributed by atoms with Crippen molar-refractivity contribution in [2.45, 2.75) is 12.8 Å². The van der Waals surface area contributed by atoms with Gasteiger partial charge in [-0.1, -0.05) is 18.2 Å². The summed E-state index contributed by atoms with van der Waals surface area (Å²) in [4.78, 5) is 37.8. The minimum absolute atomic E-state index is 0.0490. The van der Waals surface area contributed by atoms with Gasteiger partial charge in [-0.15, -0.1) is 0 Å². The van der Waals surface area contributed by atoms with Gasteiger partial charge in [0.1, 0.15) is 17.3 Å². The molecule has 1 aliphatic heterocycles. The average molecular weight is 459 g/mol. The van der Waals surface area contributed by atoms with Crippen LogP contribution in [0, 0.1) is 5.82 Å². The Hall–Kier alpha value is -3.33. The zero-order valence-electron chi connectivity index (χ0n) is 17.5. The van der Waals surface area contributed by atoms with E-state index in [1.54, 1.807) is 43.5 Å². The number of carbonyl (C=O) groups excluding carboxylic acids is 3. The lowest BCUT2D eigenvalue weighted by Gasteiger charge is -2.13. The van der Waals surface area contributed by atoms with Crippen molar-refractivity contribution in [3.05, 3.63) is 64.8 Å².